The molecule has 0 aromatic carbocycles. The molecule has 0 aliphatic carbocycles. The van der Waals surface area contributed by atoms with E-state index in [0.717, 1.165) is 13.2 Å². The molecule has 0 spiro atoms. The molecule has 0 fully saturated rings. The fourth-order valence-corrected chi connectivity index (χ4v) is 0.998. The van der Waals surface area contributed by atoms with Gasteiger partial charge in [-0.3, -0.25) is 15.0 Å². The molecule has 7 heteroatoms. The van der Waals surface area contributed by atoms with Gasteiger partial charge in [0.25, 0.3) is 0 Å². The highest BCUT2D eigenvalue weighted by molar-refractivity contribution is 4.60. The molecule has 1 aromatic rings. The van der Waals surface area contributed by atoms with Crippen molar-refractivity contribution in [3.8, 4) is 0 Å². The highest BCUT2D eigenvalue weighted by atomic mass is 16.5. The fourth-order valence-electron chi connectivity index (χ4n) is 0.998. The lowest BCUT2D eigenvalue weighted by molar-refractivity contribution is 0.128. The van der Waals surface area contributed by atoms with E-state index in [1.54, 1.807) is 15.0 Å². The van der Waals surface area contributed by atoms with E-state index in [2.05, 4.69) is 13.8 Å². The van der Waals surface area contributed by atoms with Gasteiger partial charge in [0.1, 0.15) is 0 Å². The molecule has 3 N–H and O–H groups in total. The molecule has 1 heterocycles. The van der Waals surface area contributed by atoms with Gasteiger partial charge < -0.3 is 4.74 Å². The Labute approximate surface area is 105 Å². The molecule has 0 bridgehead atoms. The molecule has 0 saturated carbocycles. The van der Waals surface area contributed by atoms with Crippen molar-refractivity contribution in [2.75, 3.05) is 13.2 Å². The summed E-state index contributed by atoms with van der Waals surface area (Å²) in [5.74, 6) is 0. The summed E-state index contributed by atoms with van der Waals surface area (Å²) in [6.45, 7) is 6.28. The van der Waals surface area contributed by atoms with Gasteiger partial charge in [0.15, 0.2) is 0 Å². The van der Waals surface area contributed by atoms with Crippen LogP contribution in [0.2, 0.25) is 0 Å². The summed E-state index contributed by atoms with van der Waals surface area (Å²) < 4.78 is 5.31. The van der Waals surface area contributed by atoms with Crippen LogP contribution in [0.25, 0.3) is 0 Å². The van der Waals surface area contributed by atoms with Gasteiger partial charge in [-0.05, 0) is 12.8 Å². The molecular weight excluding hydrogens is 238 g/mol. The third-order valence-electron chi connectivity index (χ3n) is 1.97. The quantitative estimate of drug-likeness (QED) is 0.641. The van der Waals surface area contributed by atoms with Gasteiger partial charge in [-0.25, -0.2) is 14.4 Å². The Morgan fingerprint density at radius 2 is 1.11 bits per heavy atom. The van der Waals surface area contributed by atoms with Crippen molar-refractivity contribution >= 4 is 0 Å². The van der Waals surface area contributed by atoms with Crippen LogP contribution in [-0.4, -0.2) is 28.2 Å². The van der Waals surface area contributed by atoms with Crippen molar-refractivity contribution in [1.82, 2.24) is 15.0 Å². The van der Waals surface area contributed by atoms with Gasteiger partial charge in [0.2, 0.25) is 0 Å². The number of ether oxygens (including phenoxy) is 1. The first-order valence-corrected chi connectivity index (χ1v) is 6.10. The average molecular weight is 259 g/mol. The van der Waals surface area contributed by atoms with Gasteiger partial charge in [-0.15, -0.1) is 0 Å². The van der Waals surface area contributed by atoms with Crippen molar-refractivity contribution in [1.29, 1.82) is 0 Å². The standard InChI is InChI=1S/C8H18O.C3H3N3O3/c1-3-5-7-9-8-6-4-2;7-1-4-2(8)6-3(9)5-1/h3-8H2,1-2H3;(H3,4,5,6,7,8,9). The second kappa shape index (κ2) is 10.5. The number of rotatable bonds is 6. The summed E-state index contributed by atoms with van der Waals surface area (Å²) in [5.41, 5.74) is -2.41. The molecule has 1 aromatic heterocycles. The van der Waals surface area contributed by atoms with Crippen LogP contribution in [0.1, 0.15) is 39.5 Å². The summed E-state index contributed by atoms with van der Waals surface area (Å²) in [6, 6.07) is 0. The summed E-state index contributed by atoms with van der Waals surface area (Å²) in [4.78, 5) is 35.9. The monoisotopic (exact) mass is 259 g/mol. The smallest absolute Gasteiger partial charge is 0.330 e. The van der Waals surface area contributed by atoms with E-state index < -0.39 is 17.1 Å². The van der Waals surface area contributed by atoms with Crippen molar-refractivity contribution in [2.24, 2.45) is 0 Å². The van der Waals surface area contributed by atoms with Gasteiger partial charge in [0.05, 0.1) is 0 Å². The van der Waals surface area contributed by atoms with Crippen LogP contribution in [0.15, 0.2) is 14.4 Å². The number of H-pyrrole nitrogens is 3. The number of hydrogen-bond donors (Lipinski definition) is 3. The lowest BCUT2D eigenvalue weighted by Gasteiger charge is -1.99. The van der Waals surface area contributed by atoms with Crippen molar-refractivity contribution in [3.63, 3.8) is 0 Å². The molecule has 0 radical (unpaired) electrons. The maximum absolute atomic E-state index is 10.2. The molecule has 0 aliphatic heterocycles. The predicted octanol–water partition coefficient (Wildman–Crippen LogP) is 0.355. The van der Waals surface area contributed by atoms with Crippen LogP contribution < -0.4 is 17.1 Å². The molecule has 0 atom stereocenters. The van der Waals surface area contributed by atoms with E-state index in [1.807, 2.05) is 0 Å². The zero-order valence-corrected chi connectivity index (χ0v) is 10.9. The van der Waals surface area contributed by atoms with E-state index in [-0.39, 0.29) is 0 Å². The Morgan fingerprint density at radius 3 is 1.39 bits per heavy atom. The van der Waals surface area contributed by atoms with Crippen molar-refractivity contribution < 1.29 is 4.74 Å². The van der Waals surface area contributed by atoms with Crippen LogP contribution in [0, 0.1) is 0 Å². The average Bonchev–Trinajstić information content (AvgIpc) is 2.28. The largest absolute Gasteiger partial charge is 0.381 e. The third-order valence-corrected chi connectivity index (χ3v) is 1.97. The minimum absolute atomic E-state index is 0.802. The third kappa shape index (κ3) is 9.59. The second-order valence-corrected chi connectivity index (χ2v) is 3.68. The first-order chi connectivity index (χ1) is 8.60. The first-order valence-electron chi connectivity index (χ1n) is 6.10. The van der Waals surface area contributed by atoms with Crippen LogP contribution in [0.4, 0.5) is 0 Å². The van der Waals surface area contributed by atoms with Crippen molar-refractivity contribution in [2.45, 2.75) is 39.5 Å². The fraction of sp³-hybridized carbons (Fsp3) is 0.727. The second-order valence-electron chi connectivity index (χ2n) is 3.68. The molecule has 0 unspecified atom stereocenters. The number of hydrogen-bond acceptors (Lipinski definition) is 4. The zero-order valence-electron chi connectivity index (χ0n) is 10.9. The summed E-state index contributed by atoms with van der Waals surface area (Å²) in [7, 11) is 0. The Balaban J connectivity index is 0.000000321. The maximum atomic E-state index is 10.2. The van der Waals surface area contributed by atoms with Crippen molar-refractivity contribution in [3.05, 3.63) is 31.5 Å². The summed E-state index contributed by atoms with van der Waals surface area (Å²) in [5, 5.41) is 0. The topological polar surface area (TPSA) is 108 Å². The number of aromatic amines is 3. The highest BCUT2D eigenvalue weighted by Crippen LogP contribution is 1.91. The lowest BCUT2D eigenvalue weighted by Crippen LogP contribution is -2.34. The molecule has 0 amide bonds. The summed E-state index contributed by atoms with van der Waals surface area (Å²) >= 11 is 0. The van der Waals surface area contributed by atoms with Crippen LogP contribution in [0.5, 0.6) is 0 Å². The van der Waals surface area contributed by atoms with Crippen LogP contribution in [0.3, 0.4) is 0 Å². The van der Waals surface area contributed by atoms with E-state index in [0.29, 0.717) is 0 Å². The lowest BCUT2D eigenvalue weighted by atomic mass is 10.3. The SMILES string of the molecule is CCCCOCCCC.O=c1[nH]c(=O)[nH]c(=O)[nH]1. The minimum Gasteiger partial charge on any atom is -0.381 e. The maximum Gasteiger partial charge on any atom is 0.330 e. The predicted molar refractivity (Wildman–Crippen MR) is 68.9 cm³/mol. The molecule has 0 saturated heterocycles. The number of nitrogens with one attached hydrogen (secondary N) is 3. The van der Waals surface area contributed by atoms with Gasteiger partial charge >= 0.3 is 17.1 Å². The van der Waals surface area contributed by atoms with Gasteiger partial charge in [0, 0.05) is 13.2 Å². The van der Waals surface area contributed by atoms with Crippen LogP contribution in [-0.2, 0) is 4.74 Å². The van der Waals surface area contributed by atoms with Crippen LogP contribution >= 0.6 is 0 Å². The van der Waals surface area contributed by atoms with E-state index >= 15 is 0 Å². The molecular formula is C11H21N3O4. The Morgan fingerprint density at radius 1 is 0.778 bits per heavy atom. The Bertz CT molecular complexity index is 376. The van der Waals surface area contributed by atoms with Gasteiger partial charge in [-0.1, -0.05) is 26.7 Å². The number of aromatic nitrogens is 3. The molecule has 7 nitrogen and oxygen atoms in total. The van der Waals surface area contributed by atoms with Gasteiger partial charge in [-0.2, -0.15) is 0 Å². The normalized spacial score (nSPS) is 9.67. The highest BCUT2D eigenvalue weighted by Gasteiger charge is 1.85. The van der Waals surface area contributed by atoms with E-state index in [1.165, 1.54) is 25.7 Å². The molecule has 1 rings (SSSR count). The van der Waals surface area contributed by atoms with E-state index in [4.69, 9.17) is 4.74 Å². The molecule has 0 aliphatic rings. The Hall–Kier alpha value is -1.63. The molecule has 18 heavy (non-hydrogen) atoms. The minimum atomic E-state index is -0.802. The first kappa shape index (κ1) is 16.4. The zero-order chi connectivity index (χ0) is 13.8. The number of unbranched alkanes of at least 4 members (excludes halogenated alkanes) is 2. The molecule has 104 valence electrons. The Kier molecular flexibility index (Phi) is 9.57. The summed E-state index contributed by atoms with van der Waals surface area (Å²) in [6.07, 6.45) is 4.91. The van der Waals surface area contributed by atoms with E-state index in [9.17, 15) is 14.4 Å².